The third-order valence-electron chi connectivity index (χ3n) is 12.0. The van der Waals surface area contributed by atoms with Crippen molar-refractivity contribution in [3.63, 3.8) is 0 Å². The molecule has 0 bridgehead atoms. The van der Waals surface area contributed by atoms with Gasteiger partial charge in [-0.3, -0.25) is 0 Å². The summed E-state index contributed by atoms with van der Waals surface area (Å²) in [6.07, 6.45) is 0.689. The number of esters is 1. The summed E-state index contributed by atoms with van der Waals surface area (Å²) in [6.45, 7) is 3.98. The maximum atomic E-state index is 13.0. The monoisotopic (exact) mass is 550 g/mol. The summed E-state index contributed by atoms with van der Waals surface area (Å²) < 4.78 is 16.9. The minimum atomic E-state index is -1.43. The molecule has 5 fully saturated rings. The van der Waals surface area contributed by atoms with E-state index in [-0.39, 0.29) is 36.8 Å². The van der Waals surface area contributed by atoms with Gasteiger partial charge in [0.2, 0.25) is 0 Å². The first-order chi connectivity index (χ1) is 18.4. The number of aliphatic hydroxyl groups excluding tert-OH is 3. The molecule has 0 aromatic heterocycles. The molecule has 218 valence electrons. The zero-order valence-electron chi connectivity index (χ0n) is 22.7. The van der Waals surface area contributed by atoms with Crippen molar-refractivity contribution >= 4 is 12.3 Å². The van der Waals surface area contributed by atoms with Crippen LogP contribution in [0.3, 0.4) is 0 Å². The highest BCUT2D eigenvalue weighted by molar-refractivity contribution is 5.85. The highest BCUT2D eigenvalue weighted by Gasteiger charge is 2.71. The van der Waals surface area contributed by atoms with Crippen LogP contribution in [-0.4, -0.2) is 92.4 Å². The molecule has 4 aliphatic carbocycles. The third kappa shape index (κ3) is 3.78. The van der Waals surface area contributed by atoms with E-state index >= 15 is 0 Å². The summed E-state index contributed by atoms with van der Waals surface area (Å²) >= 11 is 0. The highest BCUT2D eigenvalue weighted by Crippen LogP contribution is 2.70. The Morgan fingerprint density at radius 1 is 0.974 bits per heavy atom. The van der Waals surface area contributed by atoms with Crippen LogP contribution in [0.25, 0.3) is 0 Å². The number of fused-ring (bicyclic) bond motifs is 5. The largest absolute Gasteiger partial charge is 0.458 e. The number of carbonyl (C=O) groups excluding carboxylic acids is 2. The minimum absolute atomic E-state index is 0.0465. The van der Waals surface area contributed by atoms with Crippen molar-refractivity contribution in [2.75, 3.05) is 6.61 Å². The summed E-state index contributed by atoms with van der Waals surface area (Å²) in [4.78, 5) is 24.8. The predicted molar refractivity (Wildman–Crippen MR) is 135 cm³/mol. The van der Waals surface area contributed by atoms with Crippen molar-refractivity contribution in [3.8, 4) is 0 Å². The molecule has 0 aromatic rings. The number of hydrogen-bond donors (Lipinski definition) is 5. The fourth-order valence-corrected chi connectivity index (χ4v) is 9.75. The van der Waals surface area contributed by atoms with E-state index in [2.05, 4.69) is 6.92 Å². The van der Waals surface area contributed by atoms with E-state index in [0.29, 0.717) is 44.9 Å². The van der Waals surface area contributed by atoms with Crippen LogP contribution in [0.2, 0.25) is 0 Å². The first-order valence-corrected chi connectivity index (χ1v) is 14.5. The Bertz CT molecular complexity index is 1050. The third-order valence-corrected chi connectivity index (χ3v) is 12.0. The second-order valence-corrected chi connectivity index (χ2v) is 13.4. The van der Waals surface area contributed by atoms with Gasteiger partial charge in [0.25, 0.3) is 0 Å². The van der Waals surface area contributed by atoms with Gasteiger partial charge in [-0.25, -0.2) is 4.79 Å². The molecule has 2 heterocycles. The molecule has 13 atom stereocenters. The molecule has 0 amide bonds. The fraction of sp³-hybridized carbons (Fsp3) is 0.862. The Balaban J connectivity index is 1.22. The van der Waals surface area contributed by atoms with Crippen molar-refractivity contribution in [2.45, 2.75) is 120 Å². The Hall–Kier alpha value is -1.40. The molecule has 1 saturated heterocycles. The topological polar surface area (TPSA) is 163 Å². The van der Waals surface area contributed by atoms with Crippen molar-refractivity contribution in [2.24, 2.45) is 28.6 Å². The number of hydrogen-bond acceptors (Lipinski definition) is 10. The van der Waals surface area contributed by atoms with E-state index in [9.17, 15) is 35.1 Å². The van der Waals surface area contributed by atoms with Gasteiger partial charge in [0, 0.05) is 17.9 Å². The molecule has 5 N–H and O–H groups in total. The maximum absolute atomic E-state index is 13.0. The van der Waals surface area contributed by atoms with Crippen LogP contribution in [-0.2, 0) is 23.8 Å². The molecular weight excluding hydrogens is 508 g/mol. The lowest BCUT2D eigenvalue weighted by Gasteiger charge is -2.65. The summed E-state index contributed by atoms with van der Waals surface area (Å²) in [5.41, 5.74) is -2.86. The number of carbonyl (C=O) groups is 2. The molecule has 6 rings (SSSR count). The van der Waals surface area contributed by atoms with Crippen LogP contribution >= 0.6 is 0 Å². The van der Waals surface area contributed by atoms with Crippen molar-refractivity contribution in [1.29, 1.82) is 0 Å². The summed E-state index contributed by atoms with van der Waals surface area (Å²) in [6, 6.07) is 0. The van der Waals surface area contributed by atoms with Gasteiger partial charge in [0.05, 0.1) is 28.8 Å². The van der Waals surface area contributed by atoms with Crippen LogP contribution in [0.4, 0.5) is 0 Å². The van der Waals surface area contributed by atoms with Crippen molar-refractivity contribution < 1.29 is 49.3 Å². The number of cyclic esters (lactones) is 1. The number of aliphatic hydroxyl groups is 5. The van der Waals surface area contributed by atoms with Gasteiger partial charge >= 0.3 is 5.97 Å². The van der Waals surface area contributed by atoms with Crippen LogP contribution in [0.15, 0.2) is 11.6 Å². The van der Waals surface area contributed by atoms with Gasteiger partial charge < -0.3 is 44.5 Å². The van der Waals surface area contributed by atoms with Gasteiger partial charge in [0.1, 0.15) is 31.2 Å². The van der Waals surface area contributed by atoms with E-state index in [1.54, 1.807) is 13.0 Å². The molecule has 39 heavy (non-hydrogen) atoms. The maximum Gasteiger partial charge on any atom is 0.331 e. The van der Waals surface area contributed by atoms with E-state index < -0.39 is 58.8 Å². The Morgan fingerprint density at radius 3 is 2.41 bits per heavy atom. The van der Waals surface area contributed by atoms with Gasteiger partial charge in [0.15, 0.2) is 6.29 Å². The highest BCUT2D eigenvalue weighted by atomic mass is 16.7. The van der Waals surface area contributed by atoms with E-state index in [1.807, 2.05) is 0 Å². The quantitative estimate of drug-likeness (QED) is 0.192. The molecular formula is C29H42O10. The second kappa shape index (κ2) is 9.31. The SMILES string of the molecule is C[C@H]1O[C@@H](O[C@H]2CC[C@]3(C=O)[C@H]4CC[C@]5(C)[C@@H](C6=CC(=O)OC6)CC[C@@]5(O)[C@@H]4CC[C@@]3(O)C2)[C@H](O)[C@@H](O)[C@@H]1O. The predicted octanol–water partition coefficient (Wildman–Crippen LogP) is 0.750. The molecule has 2 aliphatic heterocycles. The average molecular weight is 551 g/mol. The lowest BCUT2D eigenvalue weighted by atomic mass is 9.41. The van der Waals surface area contributed by atoms with Crippen LogP contribution in [0.1, 0.15) is 71.6 Å². The Morgan fingerprint density at radius 2 is 1.72 bits per heavy atom. The number of rotatable bonds is 4. The van der Waals surface area contributed by atoms with E-state index in [1.165, 1.54) is 0 Å². The van der Waals surface area contributed by atoms with E-state index in [4.69, 9.17) is 14.2 Å². The molecule has 4 saturated carbocycles. The molecule has 0 spiro atoms. The first-order valence-electron chi connectivity index (χ1n) is 14.5. The lowest BCUT2D eigenvalue weighted by Crippen LogP contribution is -2.69. The molecule has 0 aromatic carbocycles. The minimum Gasteiger partial charge on any atom is -0.458 e. The first kappa shape index (κ1) is 27.8. The van der Waals surface area contributed by atoms with Gasteiger partial charge in [-0.05, 0) is 81.6 Å². The Labute approximate surface area is 228 Å². The lowest BCUT2D eigenvalue weighted by molar-refractivity contribution is -0.317. The van der Waals surface area contributed by atoms with Gasteiger partial charge in [-0.15, -0.1) is 0 Å². The normalized spacial score (nSPS) is 55.2. The number of aldehydes is 1. The summed E-state index contributed by atoms with van der Waals surface area (Å²) in [5, 5.41) is 55.0. The van der Waals surface area contributed by atoms with Gasteiger partial charge in [-0.2, -0.15) is 0 Å². The summed E-state index contributed by atoms with van der Waals surface area (Å²) in [5.74, 6) is -0.616. The van der Waals surface area contributed by atoms with Crippen molar-refractivity contribution in [3.05, 3.63) is 11.6 Å². The standard InChI is InChI=1S/C29H42O10/c1-15-22(32)23(33)24(34)25(38-15)39-17-3-8-27(14-30)19-4-7-26(2)18(16-11-21(31)37-13-16)6-10-29(26,36)20(19)5-9-28(27,35)12-17/h11,14-15,17-20,22-25,32-36H,3-10,12-13H2,1-2H3/t15-,17+,18-,19+,20-,22-,23+,24-,25+,26-,27+,28-,29-/m1/s1. The number of ether oxygens (including phenoxy) is 3. The summed E-state index contributed by atoms with van der Waals surface area (Å²) in [7, 11) is 0. The van der Waals surface area contributed by atoms with Crippen LogP contribution in [0.5, 0.6) is 0 Å². The fourth-order valence-electron chi connectivity index (χ4n) is 9.75. The molecule has 10 heteroatoms. The molecule has 6 aliphatic rings. The Kier molecular flexibility index (Phi) is 6.62. The molecule has 10 nitrogen and oxygen atoms in total. The van der Waals surface area contributed by atoms with Crippen molar-refractivity contribution in [1.82, 2.24) is 0 Å². The van der Waals surface area contributed by atoms with Gasteiger partial charge in [-0.1, -0.05) is 6.92 Å². The smallest absolute Gasteiger partial charge is 0.331 e. The van der Waals surface area contributed by atoms with Crippen LogP contribution in [0, 0.1) is 28.6 Å². The molecule has 0 radical (unpaired) electrons. The second-order valence-electron chi connectivity index (χ2n) is 13.4. The van der Waals surface area contributed by atoms with E-state index in [0.717, 1.165) is 18.3 Å². The average Bonchev–Trinajstić information content (AvgIpc) is 3.45. The zero-order chi connectivity index (χ0) is 28.0. The zero-order valence-corrected chi connectivity index (χ0v) is 22.7. The molecule has 0 unspecified atom stereocenters. The van der Waals surface area contributed by atoms with Crippen LogP contribution < -0.4 is 0 Å².